The normalized spacial score (nSPS) is 19.1. The van der Waals surface area contributed by atoms with Crippen molar-refractivity contribution in [2.45, 2.75) is 45.3 Å². The number of benzene rings is 1. The lowest BCUT2D eigenvalue weighted by atomic mass is 10.0. The van der Waals surface area contributed by atoms with Crippen LogP contribution in [0, 0.1) is 0 Å². The number of amides is 4. The van der Waals surface area contributed by atoms with Crippen LogP contribution >= 0.6 is 0 Å². The number of phenols is 1. The number of aromatic hydroxyl groups is 1. The molecule has 1 atom stereocenters. The second-order valence-electron chi connectivity index (χ2n) is 7.69. The molecule has 0 aliphatic carbocycles. The van der Waals surface area contributed by atoms with E-state index in [-0.39, 0.29) is 35.5 Å². The Hall–Kier alpha value is -3.43. The summed E-state index contributed by atoms with van der Waals surface area (Å²) in [6.07, 6.45) is -0.0206. The SMILES string of the molecule is CC(C)(C)OC(=O)COc1cc(O)cc2c1C(=O)N(C1CCC(=O)NC1=O)C2=O. The first-order valence-corrected chi connectivity index (χ1v) is 8.91. The summed E-state index contributed by atoms with van der Waals surface area (Å²) in [5.41, 5.74) is -1.06. The van der Waals surface area contributed by atoms with E-state index >= 15 is 0 Å². The van der Waals surface area contributed by atoms with Crippen LogP contribution in [-0.4, -0.2) is 57.9 Å². The summed E-state index contributed by atoms with van der Waals surface area (Å²) in [6.45, 7) is 4.48. The Bertz CT molecular complexity index is 931. The monoisotopic (exact) mass is 404 g/mol. The molecule has 10 heteroatoms. The molecule has 2 N–H and O–H groups in total. The number of nitrogens with zero attached hydrogens (tertiary/aromatic N) is 1. The molecule has 154 valence electrons. The topological polar surface area (TPSA) is 139 Å². The number of carbonyl (C=O) groups excluding carboxylic acids is 5. The number of hydrogen-bond acceptors (Lipinski definition) is 8. The first-order chi connectivity index (χ1) is 13.5. The zero-order chi connectivity index (χ0) is 21.5. The van der Waals surface area contributed by atoms with Crippen LogP contribution in [0.4, 0.5) is 0 Å². The van der Waals surface area contributed by atoms with Crippen LogP contribution in [0.25, 0.3) is 0 Å². The molecule has 10 nitrogen and oxygen atoms in total. The lowest BCUT2D eigenvalue weighted by Crippen LogP contribution is -2.54. The van der Waals surface area contributed by atoms with Crippen molar-refractivity contribution in [1.82, 2.24) is 10.2 Å². The van der Waals surface area contributed by atoms with Gasteiger partial charge in [-0.1, -0.05) is 0 Å². The minimum atomic E-state index is -1.15. The fourth-order valence-electron chi connectivity index (χ4n) is 3.17. The van der Waals surface area contributed by atoms with Gasteiger partial charge in [-0.3, -0.25) is 29.4 Å². The summed E-state index contributed by atoms with van der Waals surface area (Å²) in [7, 11) is 0. The summed E-state index contributed by atoms with van der Waals surface area (Å²) in [6, 6.07) is 1.03. The zero-order valence-electron chi connectivity index (χ0n) is 16.1. The Balaban J connectivity index is 1.87. The molecule has 0 aromatic heterocycles. The third-order valence-corrected chi connectivity index (χ3v) is 4.26. The van der Waals surface area contributed by atoms with Gasteiger partial charge in [0.05, 0.1) is 11.1 Å². The maximum absolute atomic E-state index is 12.9. The van der Waals surface area contributed by atoms with Gasteiger partial charge in [0.15, 0.2) is 6.61 Å². The van der Waals surface area contributed by atoms with Crippen molar-refractivity contribution in [2.75, 3.05) is 6.61 Å². The predicted octanol–water partition coefficient (Wildman–Crippen LogP) is 0.514. The van der Waals surface area contributed by atoms with Crippen LogP contribution in [0.3, 0.4) is 0 Å². The molecule has 1 saturated heterocycles. The third kappa shape index (κ3) is 4.05. The Morgan fingerprint density at radius 3 is 2.52 bits per heavy atom. The number of piperidine rings is 1. The van der Waals surface area contributed by atoms with E-state index in [0.29, 0.717) is 0 Å². The van der Waals surface area contributed by atoms with Gasteiger partial charge in [0.1, 0.15) is 23.1 Å². The first kappa shape index (κ1) is 20.3. The van der Waals surface area contributed by atoms with Gasteiger partial charge in [-0.2, -0.15) is 0 Å². The molecule has 0 radical (unpaired) electrons. The number of carbonyl (C=O) groups is 5. The smallest absolute Gasteiger partial charge is 0.344 e. The minimum Gasteiger partial charge on any atom is -0.508 e. The lowest BCUT2D eigenvalue weighted by molar-refractivity contribution is -0.157. The maximum Gasteiger partial charge on any atom is 0.344 e. The van der Waals surface area contributed by atoms with Gasteiger partial charge in [-0.25, -0.2) is 4.79 Å². The van der Waals surface area contributed by atoms with Gasteiger partial charge in [0.2, 0.25) is 11.8 Å². The molecule has 1 fully saturated rings. The van der Waals surface area contributed by atoms with E-state index in [2.05, 4.69) is 5.32 Å². The lowest BCUT2D eigenvalue weighted by Gasteiger charge is -2.27. The van der Waals surface area contributed by atoms with Crippen molar-refractivity contribution >= 4 is 29.6 Å². The van der Waals surface area contributed by atoms with Crippen molar-refractivity contribution < 1.29 is 38.6 Å². The van der Waals surface area contributed by atoms with E-state index in [0.717, 1.165) is 17.0 Å². The van der Waals surface area contributed by atoms with E-state index in [1.165, 1.54) is 0 Å². The molecule has 3 rings (SSSR count). The summed E-state index contributed by atoms with van der Waals surface area (Å²) in [5.74, 6) is -4.07. The minimum absolute atomic E-state index is 0.00375. The van der Waals surface area contributed by atoms with Crippen LogP contribution in [0.15, 0.2) is 12.1 Å². The average molecular weight is 404 g/mol. The van der Waals surface area contributed by atoms with Gasteiger partial charge < -0.3 is 14.6 Å². The summed E-state index contributed by atoms with van der Waals surface area (Å²) >= 11 is 0. The Labute approximate surface area is 165 Å². The second-order valence-corrected chi connectivity index (χ2v) is 7.69. The number of fused-ring (bicyclic) bond motifs is 1. The molecule has 0 saturated carbocycles. The van der Waals surface area contributed by atoms with E-state index in [9.17, 15) is 29.1 Å². The van der Waals surface area contributed by atoms with Crippen LogP contribution in [0.1, 0.15) is 54.3 Å². The number of rotatable bonds is 4. The molecular formula is C19H20N2O8. The molecular weight excluding hydrogens is 384 g/mol. The number of ether oxygens (including phenoxy) is 2. The number of phenolic OH excluding ortho intramolecular Hbond substituents is 1. The molecule has 2 aliphatic heterocycles. The van der Waals surface area contributed by atoms with Crippen molar-refractivity contribution in [1.29, 1.82) is 0 Å². The Morgan fingerprint density at radius 2 is 1.90 bits per heavy atom. The fraction of sp³-hybridized carbons (Fsp3) is 0.421. The highest BCUT2D eigenvalue weighted by Gasteiger charge is 2.46. The van der Waals surface area contributed by atoms with E-state index in [1.807, 2.05) is 0 Å². The van der Waals surface area contributed by atoms with Crippen LogP contribution in [-0.2, 0) is 19.1 Å². The Kier molecular flexibility index (Phi) is 5.04. The maximum atomic E-state index is 12.9. The summed E-state index contributed by atoms with van der Waals surface area (Å²) in [5, 5.41) is 12.0. The van der Waals surface area contributed by atoms with Crippen molar-refractivity contribution in [3.8, 4) is 11.5 Å². The molecule has 2 heterocycles. The molecule has 4 amide bonds. The molecule has 2 aliphatic rings. The quantitative estimate of drug-likeness (QED) is 0.547. The molecule has 1 aromatic carbocycles. The number of nitrogens with one attached hydrogen (secondary N) is 1. The van der Waals surface area contributed by atoms with Crippen LogP contribution in [0.2, 0.25) is 0 Å². The van der Waals surface area contributed by atoms with Gasteiger partial charge in [-0.15, -0.1) is 0 Å². The molecule has 1 aromatic rings. The van der Waals surface area contributed by atoms with Crippen molar-refractivity contribution in [3.05, 3.63) is 23.3 Å². The van der Waals surface area contributed by atoms with Crippen LogP contribution in [0.5, 0.6) is 11.5 Å². The van der Waals surface area contributed by atoms with Gasteiger partial charge >= 0.3 is 5.97 Å². The van der Waals surface area contributed by atoms with Gasteiger partial charge in [0.25, 0.3) is 11.8 Å². The van der Waals surface area contributed by atoms with E-state index in [4.69, 9.17) is 9.47 Å². The Morgan fingerprint density at radius 1 is 1.21 bits per heavy atom. The van der Waals surface area contributed by atoms with E-state index in [1.54, 1.807) is 20.8 Å². The van der Waals surface area contributed by atoms with Crippen molar-refractivity contribution in [2.24, 2.45) is 0 Å². The number of esters is 1. The van der Waals surface area contributed by atoms with Gasteiger partial charge in [-0.05, 0) is 33.3 Å². The number of hydrogen-bond donors (Lipinski definition) is 2. The average Bonchev–Trinajstić information content (AvgIpc) is 2.83. The second kappa shape index (κ2) is 7.19. The third-order valence-electron chi connectivity index (χ3n) is 4.26. The molecule has 29 heavy (non-hydrogen) atoms. The highest BCUT2D eigenvalue weighted by molar-refractivity contribution is 6.24. The number of imide groups is 2. The zero-order valence-corrected chi connectivity index (χ0v) is 16.1. The highest BCUT2D eigenvalue weighted by Crippen LogP contribution is 2.36. The van der Waals surface area contributed by atoms with E-state index < -0.39 is 47.8 Å². The standard InChI is InChI=1S/C19H20N2O8/c1-19(2,3)29-14(24)8-28-12-7-9(22)6-10-15(12)18(27)21(17(10)26)11-4-5-13(23)20-16(11)25/h6-7,11,22H,4-5,8H2,1-3H3,(H,20,23,25). The fourth-order valence-corrected chi connectivity index (χ4v) is 3.17. The molecule has 1 unspecified atom stereocenters. The summed E-state index contributed by atoms with van der Waals surface area (Å²) in [4.78, 5) is 61.7. The van der Waals surface area contributed by atoms with Crippen LogP contribution < -0.4 is 10.1 Å². The summed E-state index contributed by atoms with van der Waals surface area (Å²) < 4.78 is 10.5. The largest absolute Gasteiger partial charge is 0.508 e. The van der Waals surface area contributed by atoms with Crippen molar-refractivity contribution in [3.63, 3.8) is 0 Å². The highest BCUT2D eigenvalue weighted by atomic mass is 16.6. The molecule has 0 bridgehead atoms. The molecule has 0 spiro atoms. The first-order valence-electron chi connectivity index (χ1n) is 8.91. The predicted molar refractivity (Wildman–Crippen MR) is 96.1 cm³/mol. The van der Waals surface area contributed by atoms with Gasteiger partial charge in [0, 0.05) is 12.5 Å².